The zero-order valence-corrected chi connectivity index (χ0v) is 31.6. The van der Waals surface area contributed by atoms with Crippen LogP contribution < -0.4 is 32.3 Å². The summed E-state index contributed by atoms with van der Waals surface area (Å²) in [5.74, 6) is -3.55. The second kappa shape index (κ2) is 23.1. The number of nitrogens with one attached hydrogen (secondary N) is 5. The summed E-state index contributed by atoms with van der Waals surface area (Å²) in [6, 6.07) is 19.9. The molecule has 0 heterocycles. The molecular formula is C39H48N6O9S. The number of rotatable bonds is 21. The molecule has 0 aliphatic carbocycles. The van der Waals surface area contributed by atoms with Crippen molar-refractivity contribution >= 4 is 52.4 Å². The number of esters is 1. The van der Waals surface area contributed by atoms with Crippen molar-refractivity contribution in [2.24, 2.45) is 5.73 Å². The van der Waals surface area contributed by atoms with E-state index in [4.69, 9.17) is 10.5 Å². The van der Waals surface area contributed by atoms with Crippen molar-refractivity contribution in [1.82, 2.24) is 26.6 Å². The van der Waals surface area contributed by atoms with Gasteiger partial charge >= 0.3 is 5.97 Å². The van der Waals surface area contributed by atoms with E-state index in [9.17, 15) is 38.7 Å². The van der Waals surface area contributed by atoms with Crippen molar-refractivity contribution < 1.29 is 43.4 Å². The second-order valence-electron chi connectivity index (χ2n) is 12.5. The molecule has 0 spiro atoms. The monoisotopic (exact) mass is 776 g/mol. The van der Waals surface area contributed by atoms with Crippen LogP contribution in [0.25, 0.3) is 0 Å². The highest BCUT2D eigenvalue weighted by Gasteiger charge is 2.27. The van der Waals surface area contributed by atoms with Gasteiger partial charge in [-0.15, -0.1) is 0 Å². The molecule has 5 amide bonds. The van der Waals surface area contributed by atoms with Crippen LogP contribution in [-0.4, -0.2) is 95.3 Å². The SMILES string of the molecule is CCOC(=O)CCSC(=O)[C@H](C)NC(=O)[C@H](Cc1ccccc1)NC(=O)CNC(=O)CNC(=O)[C@H](Cc1ccc(O)cc1)NC(=O)[C@@H](N)Cc1ccccc1. The molecule has 3 aromatic carbocycles. The average Bonchev–Trinajstić information content (AvgIpc) is 3.17. The number of carbonyl (C=O) groups is 7. The van der Waals surface area contributed by atoms with Gasteiger partial charge in [-0.2, -0.15) is 0 Å². The summed E-state index contributed by atoms with van der Waals surface area (Å²) in [7, 11) is 0. The molecular weight excluding hydrogens is 729 g/mol. The van der Waals surface area contributed by atoms with E-state index in [0.717, 1.165) is 22.9 Å². The Morgan fingerprint density at radius 3 is 1.82 bits per heavy atom. The van der Waals surface area contributed by atoms with E-state index in [0.29, 0.717) is 5.56 Å². The van der Waals surface area contributed by atoms with Crippen LogP contribution in [0, 0.1) is 0 Å². The summed E-state index contributed by atoms with van der Waals surface area (Å²) in [5, 5.41) is 22.0. The molecule has 55 heavy (non-hydrogen) atoms. The lowest BCUT2D eigenvalue weighted by molar-refractivity contribution is -0.142. The number of aromatic hydroxyl groups is 1. The van der Waals surface area contributed by atoms with Crippen LogP contribution in [-0.2, 0) is 57.6 Å². The molecule has 16 heteroatoms. The van der Waals surface area contributed by atoms with Crippen LogP contribution in [0.4, 0.5) is 0 Å². The minimum Gasteiger partial charge on any atom is -0.508 e. The normalized spacial score (nSPS) is 12.9. The summed E-state index contributed by atoms with van der Waals surface area (Å²) in [6.45, 7) is 2.34. The van der Waals surface area contributed by atoms with Gasteiger partial charge in [0.15, 0.2) is 0 Å². The molecule has 8 N–H and O–H groups in total. The molecule has 4 atom stereocenters. The highest BCUT2D eigenvalue weighted by Crippen LogP contribution is 2.13. The van der Waals surface area contributed by atoms with E-state index in [-0.39, 0.29) is 48.9 Å². The van der Waals surface area contributed by atoms with Crippen molar-refractivity contribution in [2.75, 3.05) is 25.4 Å². The van der Waals surface area contributed by atoms with Crippen molar-refractivity contribution in [3.63, 3.8) is 0 Å². The molecule has 15 nitrogen and oxygen atoms in total. The van der Waals surface area contributed by atoms with Crippen LogP contribution in [0.3, 0.4) is 0 Å². The van der Waals surface area contributed by atoms with Gasteiger partial charge in [0.05, 0.1) is 38.2 Å². The number of carbonyl (C=O) groups excluding carboxylic acids is 7. The molecule has 0 saturated heterocycles. The number of nitrogens with two attached hydrogens (primary N) is 1. The van der Waals surface area contributed by atoms with Gasteiger partial charge in [-0.1, -0.05) is 84.6 Å². The third-order valence-electron chi connectivity index (χ3n) is 8.02. The molecule has 0 aliphatic heterocycles. The molecule has 3 aromatic rings. The first-order chi connectivity index (χ1) is 26.3. The van der Waals surface area contributed by atoms with Crippen molar-refractivity contribution in [3.05, 3.63) is 102 Å². The first kappa shape index (κ1) is 43.7. The molecule has 3 rings (SSSR count). The van der Waals surface area contributed by atoms with E-state index in [2.05, 4.69) is 26.6 Å². The van der Waals surface area contributed by atoms with Gasteiger partial charge in [-0.25, -0.2) is 0 Å². The molecule has 294 valence electrons. The summed E-state index contributed by atoms with van der Waals surface area (Å²) in [5.41, 5.74) is 8.32. The fourth-order valence-corrected chi connectivity index (χ4v) is 5.90. The first-order valence-electron chi connectivity index (χ1n) is 17.7. The lowest BCUT2D eigenvalue weighted by atomic mass is 10.0. The Bertz CT molecular complexity index is 1750. The maximum absolute atomic E-state index is 13.3. The van der Waals surface area contributed by atoms with E-state index in [1.807, 2.05) is 30.3 Å². The van der Waals surface area contributed by atoms with Gasteiger partial charge in [-0.05, 0) is 49.1 Å². The number of phenolic OH excluding ortho intramolecular Hbond substituents is 1. The molecule has 0 saturated carbocycles. The third-order valence-corrected chi connectivity index (χ3v) is 9.06. The number of thioether (sulfide) groups is 1. The standard InChI is InChI=1S/C39H48N6O9S/c1-3-54-35(49)18-19-55-39(53)25(2)43-38(52)32(21-27-12-8-5-9-13-27)44-34(48)24-41-33(47)23-42-37(51)31(22-28-14-16-29(46)17-15-28)45-36(50)30(40)20-26-10-6-4-7-11-26/h4-17,25,30-32,46H,3,18-24,40H2,1-2H3,(H,41,47)(H,42,51)(H,43,52)(H,44,48)(H,45,50)/t25-,30-,31-,32-/m0/s1. The zero-order valence-electron chi connectivity index (χ0n) is 30.7. The number of hydrogen-bond acceptors (Lipinski definition) is 11. The predicted octanol–water partition coefficient (Wildman–Crippen LogP) is 0.667. The van der Waals surface area contributed by atoms with Crippen LogP contribution in [0.1, 0.15) is 37.0 Å². The molecule has 0 bridgehead atoms. The Morgan fingerprint density at radius 2 is 1.22 bits per heavy atom. The van der Waals surface area contributed by atoms with E-state index >= 15 is 0 Å². The van der Waals surface area contributed by atoms with E-state index in [1.54, 1.807) is 49.4 Å². The number of amides is 5. The summed E-state index contributed by atoms with van der Waals surface area (Å²) >= 11 is 0.880. The molecule has 0 aliphatic rings. The highest BCUT2D eigenvalue weighted by molar-refractivity contribution is 8.13. The zero-order chi connectivity index (χ0) is 40.2. The molecule has 0 radical (unpaired) electrons. The number of ether oxygens (including phenoxy) is 1. The summed E-state index contributed by atoms with van der Waals surface area (Å²) in [4.78, 5) is 89.3. The van der Waals surface area contributed by atoms with Crippen molar-refractivity contribution in [1.29, 1.82) is 0 Å². The Kier molecular flexibility index (Phi) is 18.4. The van der Waals surface area contributed by atoms with Crippen LogP contribution >= 0.6 is 11.8 Å². The van der Waals surface area contributed by atoms with Crippen molar-refractivity contribution in [3.8, 4) is 5.75 Å². The minimum absolute atomic E-state index is 0.0227. The highest BCUT2D eigenvalue weighted by atomic mass is 32.2. The number of phenols is 1. The van der Waals surface area contributed by atoms with Gasteiger partial charge in [0, 0.05) is 18.6 Å². The lowest BCUT2D eigenvalue weighted by Crippen LogP contribution is -2.55. The molecule has 0 unspecified atom stereocenters. The molecule has 0 fully saturated rings. The largest absolute Gasteiger partial charge is 0.508 e. The number of benzene rings is 3. The Morgan fingerprint density at radius 1 is 0.673 bits per heavy atom. The maximum atomic E-state index is 13.3. The first-order valence-corrected chi connectivity index (χ1v) is 18.7. The van der Waals surface area contributed by atoms with Gasteiger partial charge in [0.1, 0.15) is 17.8 Å². The topological polar surface area (TPSA) is 235 Å². The lowest BCUT2D eigenvalue weighted by Gasteiger charge is -2.22. The third kappa shape index (κ3) is 16.4. The van der Waals surface area contributed by atoms with Gasteiger partial charge in [-0.3, -0.25) is 33.6 Å². The fourth-order valence-electron chi connectivity index (χ4n) is 5.12. The second-order valence-corrected chi connectivity index (χ2v) is 13.6. The fraction of sp³-hybridized carbons (Fsp3) is 0.359. The Balaban J connectivity index is 1.55. The van der Waals surface area contributed by atoms with Gasteiger partial charge in [0.25, 0.3) is 0 Å². The quantitative estimate of drug-likeness (QED) is 0.0743. The van der Waals surface area contributed by atoms with Gasteiger partial charge in [0.2, 0.25) is 34.7 Å². The minimum atomic E-state index is -1.13. The Hall–Kier alpha value is -5.74. The van der Waals surface area contributed by atoms with Gasteiger partial charge < -0.3 is 42.2 Å². The van der Waals surface area contributed by atoms with E-state index < -0.39 is 72.8 Å². The van der Waals surface area contributed by atoms with Crippen LogP contribution in [0.2, 0.25) is 0 Å². The van der Waals surface area contributed by atoms with Crippen molar-refractivity contribution in [2.45, 2.75) is 63.7 Å². The molecule has 0 aromatic heterocycles. The average molecular weight is 777 g/mol. The smallest absolute Gasteiger partial charge is 0.306 e. The maximum Gasteiger partial charge on any atom is 0.306 e. The summed E-state index contributed by atoms with van der Waals surface area (Å²) in [6.07, 6.45) is 0.380. The van der Waals surface area contributed by atoms with Crippen LogP contribution in [0.15, 0.2) is 84.9 Å². The Labute approximate surface area is 323 Å². The number of hydrogen-bond donors (Lipinski definition) is 7. The summed E-state index contributed by atoms with van der Waals surface area (Å²) < 4.78 is 4.86. The van der Waals surface area contributed by atoms with E-state index in [1.165, 1.54) is 19.1 Å². The predicted molar refractivity (Wildman–Crippen MR) is 206 cm³/mol. The van der Waals surface area contributed by atoms with Crippen LogP contribution in [0.5, 0.6) is 5.75 Å².